The summed E-state index contributed by atoms with van der Waals surface area (Å²) < 4.78 is 9.96. The zero-order valence-electron chi connectivity index (χ0n) is 10.0. The van der Waals surface area contributed by atoms with E-state index in [-0.39, 0.29) is 0 Å². The molecule has 2 N–H and O–H groups in total. The topological polar surface area (TPSA) is 78.6 Å². The average Bonchev–Trinajstić information content (AvgIpc) is 2.29. The molecule has 0 aliphatic heterocycles. The number of carbonyl (C=O) groups is 2. The number of methoxy groups -OCH3 is 1. The van der Waals surface area contributed by atoms with Crippen LogP contribution in [-0.4, -0.2) is 25.1 Å². The maximum Gasteiger partial charge on any atom is 0.339 e. The van der Waals surface area contributed by atoms with Crippen LogP contribution in [0.15, 0.2) is 18.2 Å². The summed E-state index contributed by atoms with van der Waals surface area (Å²) in [4.78, 5) is 22.4. The number of ether oxygens (including phenoxy) is 2. The van der Waals surface area contributed by atoms with E-state index in [9.17, 15) is 9.59 Å². The fourth-order valence-electron chi connectivity index (χ4n) is 1.23. The van der Waals surface area contributed by atoms with Gasteiger partial charge in [0.05, 0.1) is 12.7 Å². The van der Waals surface area contributed by atoms with Crippen molar-refractivity contribution in [1.82, 2.24) is 0 Å². The van der Waals surface area contributed by atoms with Gasteiger partial charge in [0.2, 0.25) is 0 Å². The smallest absolute Gasteiger partial charge is 0.339 e. The quantitative estimate of drug-likeness (QED) is 0.793. The lowest BCUT2D eigenvalue weighted by atomic mass is 10.1. The van der Waals surface area contributed by atoms with Crippen molar-refractivity contribution in [2.45, 2.75) is 20.0 Å². The lowest BCUT2D eigenvalue weighted by molar-refractivity contribution is -0.125. The molecule has 1 atom stereocenters. The molecule has 92 valence electrons. The lowest BCUT2D eigenvalue weighted by Gasteiger charge is -2.11. The molecule has 0 aromatic heterocycles. The predicted molar refractivity (Wildman–Crippen MR) is 61.8 cm³/mol. The first kappa shape index (κ1) is 13.0. The SMILES string of the molecule is COc1cc(C(=O)O[C@H](C)C(N)=O)ccc1C. The number of amides is 1. The van der Waals surface area contributed by atoms with Crippen molar-refractivity contribution in [3.05, 3.63) is 29.3 Å². The Morgan fingerprint density at radius 3 is 2.53 bits per heavy atom. The lowest BCUT2D eigenvalue weighted by Crippen LogP contribution is -2.30. The third kappa shape index (κ3) is 3.21. The van der Waals surface area contributed by atoms with Crippen molar-refractivity contribution < 1.29 is 19.1 Å². The number of hydrogen-bond acceptors (Lipinski definition) is 4. The van der Waals surface area contributed by atoms with Gasteiger partial charge in [0.1, 0.15) is 5.75 Å². The minimum atomic E-state index is -0.949. The van der Waals surface area contributed by atoms with Crippen molar-refractivity contribution >= 4 is 11.9 Å². The molecule has 5 heteroatoms. The van der Waals surface area contributed by atoms with Gasteiger partial charge in [0, 0.05) is 0 Å². The van der Waals surface area contributed by atoms with E-state index in [1.165, 1.54) is 14.0 Å². The van der Waals surface area contributed by atoms with Crippen molar-refractivity contribution in [3.8, 4) is 5.75 Å². The summed E-state index contributed by atoms with van der Waals surface area (Å²) in [5.41, 5.74) is 6.23. The van der Waals surface area contributed by atoms with E-state index in [2.05, 4.69) is 0 Å². The van der Waals surface area contributed by atoms with Gasteiger partial charge in [0.25, 0.3) is 5.91 Å². The zero-order chi connectivity index (χ0) is 13.0. The maximum absolute atomic E-state index is 11.7. The van der Waals surface area contributed by atoms with Crippen molar-refractivity contribution in [1.29, 1.82) is 0 Å². The summed E-state index contributed by atoms with van der Waals surface area (Å²) in [7, 11) is 1.52. The molecule has 1 aromatic carbocycles. The number of primary amides is 1. The molecule has 0 radical (unpaired) electrons. The van der Waals surface area contributed by atoms with Gasteiger partial charge in [-0.2, -0.15) is 0 Å². The van der Waals surface area contributed by atoms with Crippen LogP contribution >= 0.6 is 0 Å². The van der Waals surface area contributed by atoms with E-state index in [1.54, 1.807) is 18.2 Å². The number of esters is 1. The van der Waals surface area contributed by atoms with E-state index in [4.69, 9.17) is 15.2 Å². The number of nitrogens with two attached hydrogens (primary N) is 1. The Morgan fingerprint density at radius 1 is 1.35 bits per heavy atom. The average molecular weight is 237 g/mol. The van der Waals surface area contributed by atoms with E-state index in [0.29, 0.717) is 11.3 Å². The molecule has 0 heterocycles. The Hall–Kier alpha value is -2.04. The van der Waals surface area contributed by atoms with E-state index < -0.39 is 18.0 Å². The Morgan fingerprint density at radius 2 is 2.00 bits per heavy atom. The second-order valence-electron chi connectivity index (χ2n) is 3.63. The zero-order valence-corrected chi connectivity index (χ0v) is 10.0. The fraction of sp³-hybridized carbons (Fsp3) is 0.333. The molecule has 1 amide bonds. The van der Waals surface area contributed by atoms with E-state index >= 15 is 0 Å². The molecule has 0 unspecified atom stereocenters. The second-order valence-corrected chi connectivity index (χ2v) is 3.63. The molecule has 0 aliphatic rings. The third-order valence-corrected chi connectivity index (χ3v) is 2.33. The van der Waals surface area contributed by atoms with Gasteiger partial charge < -0.3 is 15.2 Å². The van der Waals surface area contributed by atoms with Crippen LogP contribution in [0.2, 0.25) is 0 Å². The van der Waals surface area contributed by atoms with Crippen LogP contribution in [0, 0.1) is 6.92 Å². The van der Waals surface area contributed by atoms with Crippen LogP contribution in [0.5, 0.6) is 5.75 Å². The highest BCUT2D eigenvalue weighted by Gasteiger charge is 2.16. The maximum atomic E-state index is 11.7. The summed E-state index contributed by atoms with van der Waals surface area (Å²) in [6, 6.07) is 4.91. The minimum Gasteiger partial charge on any atom is -0.496 e. The molecule has 5 nitrogen and oxygen atoms in total. The molecule has 0 spiro atoms. The normalized spacial score (nSPS) is 11.7. The summed E-state index contributed by atoms with van der Waals surface area (Å²) in [6.07, 6.45) is -0.949. The van der Waals surface area contributed by atoms with Crippen molar-refractivity contribution in [3.63, 3.8) is 0 Å². The minimum absolute atomic E-state index is 0.320. The number of aryl methyl sites for hydroxylation is 1. The predicted octanol–water partition coefficient (Wildman–Crippen LogP) is 1.03. The summed E-state index contributed by atoms with van der Waals surface area (Å²) in [5, 5.41) is 0. The van der Waals surface area contributed by atoms with Crippen LogP contribution in [0.3, 0.4) is 0 Å². The van der Waals surface area contributed by atoms with Crippen LogP contribution in [0.4, 0.5) is 0 Å². The van der Waals surface area contributed by atoms with Gasteiger partial charge >= 0.3 is 5.97 Å². The second kappa shape index (κ2) is 5.34. The Bertz CT molecular complexity index is 442. The van der Waals surface area contributed by atoms with Gasteiger partial charge in [0.15, 0.2) is 6.10 Å². The van der Waals surface area contributed by atoms with E-state index in [0.717, 1.165) is 5.56 Å². The number of hydrogen-bond donors (Lipinski definition) is 1. The molecular weight excluding hydrogens is 222 g/mol. The van der Waals surface area contributed by atoms with Gasteiger partial charge in [-0.15, -0.1) is 0 Å². The standard InChI is InChI=1S/C12H15NO4/c1-7-4-5-9(6-10(7)16-3)12(15)17-8(2)11(13)14/h4-6,8H,1-3H3,(H2,13,14)/t8-/m1/s1. The van der Waals surface area contributed by atoms with Crippen molar-refractivity contribution in [2.24, 2.45) is 5.73 Å². The van der Waals surface area contributed by atoms with Crippen LogP contribution in [-0.2, 0) is 9.53 Å². The molecule has 0 fully saturated rings. The summed E-state index contributed by atoms with van der Waals surface area (Å²) >= 11 is 0. The Labute approximate surface area is 99.5 Å². The molecule has 0 saturated heterocycles. The molecule has 0 aliphatic carbocycles. The highest BCUT2D eigenvalue weighted by Crippen LogP contribution is 2.19. The van der Waals surface area contributed by atoms with Gasteiger partial charge in [-0.05, 0) is 31.5 Å². The number of carbonyl (C=O) groups excluding carboxylic acids is 2. The van der Waals surface area contributed by atoms with Crippen molar-refractivity contribution in [2.75, 3.05) is 7.11 Å². The Balaban J connectivity index is 2.86. The molecule has 1 rings (SSSR count). The molecule has 17 heavy (non-hydrogen) atoms. The van der Waals surface area contributed by atoms with Gasteiger partial charge in [-0.3, -0.25) is 4.79 Å². The van der Waals surface area contributed by atoms with Crippen LogP contribution in [0.1, 0.15) is 22.8 Å². The summed E-state index contributed by atoms with van der Waals surface area (Å²) in [5.74, 6) is -0.696. The molecule has 0 bridgehead atoms. The number of rotatable bonds is 4. The Kier molecular flexibility index (Phi) is 4.09. The van der Waals surface area contributed by atoms with Gasteiger partial charge in [-0.25, -0.2) is 4.79 Å². The fourth-order valence-corrected chi connectivity index (χ4v) is 1.23. The number of benzene rings is 1. The van der Waals surface area contributed by atoms with Gasteiger partial charge in [-0.1, -0.05) is 6.07 Å². The van der Waals surface area contributed by atoms with Crippen LogP contribution in [0.25, 0.3) is 0 Å². The van der Waals surface area contributed by atoms with Crippen LogP contribution < -0.4 is 10.5 Å². The highest BCUT2D eigenvalue weighted by atomic mass is 16.5. The summed E-state index contributed by atoms with van der Waals surface area (Å²) in [6.45, 7) is 3.28. The largest absolute Gasteiger partial charge is 0.496 e. The highest BCUT2D eigenvalue weighted by molar-refractivity contribution is 5.92. The first-order chi connectivity index (χ1) is 7.95. The molecular formula is C12H15NO4. The third-order valence-electron chi connectivity index (χ3n) is 2.33. The molecule has 1 aromatic rings. The first-order valence-electron chi connectivity index (χ1n) is 5.10. The van der Waals surface area contributed by atoms with E-state index in [1.807, 2.05) is 6.92 Å². The first-order valence-corrected chi connectivity index (χ1v) is 5.10. The monoisotopic (exact) mass is 237 g/mol. The molecule has 0 saturated carbocycles.